The Hall–Kier alpha value is -1.36. The van der Waals surface area contributed by atoms with Crippen molar-refractivity contribution in [2.75, 3.05) is 18.0 Å². The van der Waals surface area contributed by atoms with E-state index in [0.717, 1.165) is 24.5 Å². The van der Waals surface area contributed by atoms with Crippen LogP contribution in [0, 0.1) is 12.3 Å². The molecule has 0 amide bonds. The molecule has 3 heterocycles. The molecule has 1 saturated heterocycles. The molecular weight excluding hydrogens is 286 g/mol. The van der Waals surface area contributed by atoms with Gasteiger partial charge >= 0.3 is 0 Å². The van der Waals surface area contributed by atoms with E-state index in [1.54, 1.807) is 6.33 Å². The first-order chi connectivity index (χ1) is 10.2. The lowest BCUT2D eigenvalue weighted by atomic mass is 9.77. The maximum absolute atomic E-state index is 6.27. The molecule has 5 nitrogen and oxygen atoms in total. The molecule has 2 aliphatic rings. The number of halogens is 1. The molecule has 0 radical (unpaired) electrons. The number of fused-ring (bicyclic) bond motifs is 1. The summed E-state index contributed by atoms with van der Waals surface area (Å²) in [5.41, 5.74) is 1.61. The van der Waals surface area contributed by atoms with Crippen LogP contribution in [0.5, 0.6) is 0 Å². The number of hydrogen-bond donors (Lipinski definition) is 0. The molecule has 0 atom stereocenters. The van der Waals surface area contributed by atoms with E-state index in [4.69, 9.17) is 11.6 Å². The van der Waals surface area contributed by atoms with Crippen molar-refractivity contribution in [2.45, 2.75) is 45.4 Å². The maximum Gasteiger partial charge on any atom is 0.255 e. The standard InChI is InChI=1S/C15H20ClN5/c1-11-12(16)19-14-17-10-18-21(14)13(11)20-8-6-15(7-9-20)4-2-3-5-15/h10H,2-9H2,1H3. The lowest BCUT2D eigenvalue weighted by Crippen LogP contribution is -2.40. The first kappa shape index (κ1) is 13.3. The van der Waals surface area contributed by atoms with Gasteiger partial charge in [0.15, 0.2) is 0 Å². The van der Waals surface area contributed by atoms with Gasteiger partial charge in [-0.2, -0.15) is 19.6 Å². The van der Waals surface area contributed by atoms with Crippen LogP contribution in [0.15, 0.2) is 6.33 Å². The fourth-order valence-electron chi connectivity index (χ4n) is 4.07. The highest BCUT2D eigenvalue weighted by Crippen LogP contribution is 2.47. The zero-order valence-corrected chi connectivity index (χ0v) is 13.1. The van der Waals surface area contributed by atoms with Crippen LogP contribution in [-0.4, -0.2) is 32.7 Å². The zero-order valence-electron chi connectivity index (χ0n) is 12.3. The van der Waals surface area contributed by atoms with Gasteiger partial charge < -0.3 is 4.90 Å². The van der Waals surface area contributed by atoms with E-state index in [0.29, 0.717) is 16.3 Å². The first-order valence-electron chi connectivity index (χ1n) is 7.79. The predicted molar refractivity (Wildman–Crippen MR) is 82.9 cm³/mol. The third kappa shape index (κ3) is 2.09. The lowest BCUT2D eigenvalue weighted by Gasteiger charge is -2.40. The summed E-state index contributed by atoms with van der Waals surface area (Å²) in [6.45, 7) is 4.18. The number of anilines is 1. The summed E-state index contributed by atoms with van der Waals surface area (Å²) in [7, 11) is 0. The van der Waals surface area contributed by atoms with E-state index in [1.165, 1.54) is 38.5 Å². The van der Waals surface area contributed by atoms with Crippen LogP contribution in [0.3, 0.4) is 0 Å². The molecule has 0 aromatic carbocycles. The highest BCUT2D eigenvalue weighted by Gasteiger charge is 2.37. The summed E-state index contributed by atoms with van der Waals surface area (Å²) in [6.07, 6.45) is 9.75. The van der Waals surface area contributed by atoms with Crippen molar-refractivity contribution >= 4 is 23.2 Å². The monoisotopic (exact) mass is 305 g/mol. The molecule has 21 heavy (non-hydrogen) atoms. The molecule has 0 N–H and O–H groups in total. The second-order valence-electron chi connectivity index (χ2n) is 6.52. The van der Waals surface area contributed by atoms with Gasteiger partial charge in [-0.1, -0.05) is 24.4 Å². The Bertz CT molecular complexity index is 664. The topological polar surface area (TPSA) is 46.3 Å². The van der Waals surface area contributed by atoms with Crippen molar-refractivity contribution in [1.29, 1.82) is 0 Å². The number of hydrogen-bond acceptors (Lipinski definition) is 4. The molecule has 6 heteroatoms. The molecule has 1 spiro atoms. The third-order valence-corrected chi connectivity index (χ3v) is 5.73. The summed E-state index contributed by atoms with van der Waals surface area (Å²) >= 11 is 6.27. The van der Waals surface area contributed by atoms with Gasteiger partial charge in [0.05, 0.1) is 0 Å². The van der Waals surface area contributed by atoms with E-state index in [1.807, 2.05) is 11.4 Å². The van der Waals surface area contributed by atoms with Crippen LogP contribution in [0.2, 0.25) is 5.15 Å². The van der Waals surface area contributed by atoms with Crippen molar-refractivity contribution in [3.8, 4) is 0 Å². The van der Waals surface area contributed by atoms with Gasteiger partial charge in [0.1, 0.15) is 17.3 Å². The Kier molecular flexibility index (Phi) is 3.06. The van der Waals surface area contributed by atoms with Gasteiger partial charge in [-0.05, 0) is 38.0 Å². The van der Waals surface area contributed by atoms with Crippen LogP contribution in [-0.2, 0) is 0 Å². The largest absolute Gasteiger partial charge is 0.356 e. The number of aromatic nitrogens is 4. The Morgan fingerprint density at radius 3 is 2.57 bits per heavy atom. The van der Waals surface area contributed by atoms with Gasteiger partial charge in [0, 0.05) is 18.7 Å². The Morgan fingerprint density at radius 2 is 1.86 bits per heavy atom. The Balaban J connectivity index is 1.68. The molecule has 2 aromatic rings. The van der Waals surface area contributed by atoms with E-state index in [9.17, 15) is 0 Å². The van der Waals surface area contributed by atoms with Crippen molar-refractivity contribution in [3.05, 3.63) is 17.0 Å². The minimum atomic E-state index is 0.534. The van der Waals surface area contributed by atoms with E-state index >= 15 is 0 Å². The fraction of sp³-hybridized carbons (Fsp3) is 0.667. The number of nitrogens with zero attached hydrogens (tertiary/aromatic N) is 5. The molecule has 4 rings (SSSR count). The van der Waals surface area contributed by atoms with Crippen LogP contribution >= 0.6 is 11.6 Å². The summed E-state index contributed by atoms with van der Waals surface area (Å²) < 4.78 is 1.83. The SMILES string of the molecule is Cc1c(Cl)nc2ncnn2c1N1CCC2(CCCC2)CC1. The lowest BCUT2D eigenvalue weighted by molar-refractivity contribution is 0.225. The van der Waals surface area contributed by atoms with Crippen molar-refractivity contribution in [2.24, 2.45) is 5.41 Å². The van der Waals surface area contributed by atoms with Gasteiger partial charge in [-0.15, -0.1) is 0 Å². The number of rotatable bonds is 1. The minimum absolute atomic E-state index is 0.534. The van der Waals surface area contributed by atoms with Crippen molar-refractivity contribution in [3.63, 3.8) is 0 Å². The highest BCUT2D eigenvalue weighted by atomic mass is 35.5. The summed E-state index contributed by atoms with van der Waals surface area (Å²) in [6, 6.07) is 0. The van der Waals surface area contributed by atoms with Crippen LogP contribution < -0.4 is 4.90 Å². The normalized spacial score (nSPS) is 21.5. The average Bonchev–Trinajstić information content (AvgIpc) is 3.12. The average molecular weight is 306 g/mol. The van der Waals surface area contributed by atoms with Gasteiger partial charge in [0.2, 0.25) is 0 Å². The molecule has 112 valence electrons. The van der Waals surface area contributed by atoms with Gasteiger partial charge in [-0.25, -0.2) is 0 Å². The molecule has 1 aliphatic heterocycles. The van der Waals surface area contributed by atoms with Crippen LogP contribution in [0.1, 0.15) is 44.1 Å². The van der Waals surface area contributed by atoms with Gasteiger partial charge in [-0.3, -0.25) is 0 Å². The zero-order chi connectivity index (χ0) is 14.4. The summed E-state index contributed by atoms with van der Waals surface area (Å²) in [5.74, 6) is 1.65. The molecule has 1 aliphatic carbocycles. The van der Waals surface area contributed by atoms with Crippen LogP contribution in [0.25, 0.3) is 5.78 Å². The van der Waals surface area contributed by atoms with Gasteiger partial charge in [0.25, 0.3) is 5.78 Å². The highest BCUT2D eigenvalue weighted by molar-refractivity contribution is 6.30. The van der Waals surface area contributed by atoms with E-state index in [2.05, 4.69) is 20.0 Å². The molecule has 0 bridgehead atoms. The van der Waals surface area contributed by atoms with E-state index < -0.39 is 0 Å². The Labute approximate surface area is 129 Å². The molecule has 2 aromatic heterocycles. The van der Waals surface area contributed by atoms with E-state index in [-0.39, 0.29) is 0 Å². The molecule has 1 saturated carbocycles. The third-order valence-electron chi connectivity index (χ3n) is 5.36. The van der Waals surface area contributed by atoms with Crippen LogP contribution in [0.4, 0.5) is 5.82 Å². The maximum atomic E-state index is 6.27. The minimum Gasteiger partial charge on any atom is -0.356 e. The number of piperidine rings is 1. The first-order valence-corrected chi connectivity index (χ1v) is 8.17. The molecular formula is C15H20ClN5. The molecule has 2 fully saturated rings. The molecule has 0 unspecified atom stereocenters. The second kappa shape index (κ2) is 4.83. The van der Waals surface area contributed by atoms with Crippen molar-refractivity contribution < 1.29 is 0 Å². The summed E-state index contributed by atoms with van der Waals surface area (Å²) in [4.78, 5) is 10.9. The Morgan fingerprint density at radius 1 is 1.14 bits per heavy atom. The summed E-state index contributed by atoms with van der Waals surface area (Å²) in [5, 5.41) is 4.86. The quantitative estimate of drug-likeness (QED) is 0.759. The smallest absolute Gasteiger partial charge is 0.255 e. The second-order valence-corrected chi connectivity index (χ2v) is 6.88. The predicted octanol–water partition coefficient (Wildman–Crippen LogP) is 3.25. The van der Waals surface area contributed by atoms with Crippen molar-refractivity contribution in [1.82, 2.24) is 19.6 Å². The fourth-order valence-corrected chi connectivity index (χ4v) is 4.23.